The summed E-state index contributed by atoms with van der Waals surface area (Å²) in [6, 6.07) is 10.1. The van der Waals surface area contributed by atoms with Gasteiger partial charge in [-0.1, -0.05) is 29.4 Å². The van der Waals surface area contributed by atoms with Crippen molar-refractivity contribution in [2.45, 2.75) is 18.4 Å². The van der Waals surface area contributed by atoms with Gasteiger partial charge in [0, 0.05) is 11.8 Å². The van der Waals surface area contributed by atoms with Gasteiger partial charge in [0.1, 0.15) is 11.4 Å². The molecule has 0 radical (unpaired) electrons. The molecule has 0 fully saturated rings. The Bertz CT molecular complexity index is 775. The SMILES string of the molecule is COc1cccnc1-c1ccc(C2=NOC(O)(C(F)(F)F)C2)cc1. The van der Waals surface area contributed by atoms with E-state index in [1.165, 1.54) is 7.11 Å². The van der Waals surface area contributed by atoms with E-state index in [2.05, 4.69) is 15.0 Å². The number of benzene rings is 1. The lowest BCUT2D eigenvalue weighted by Crippen LogP contribution is -2.45. The Kier molecular flexibility index (Phi) is 3.92. The van der Waals surface area contributed by atoms with Gasteiger partial charge in [-0.15, -0.1) is 0 Å². The van der Waals surface area contributed by atoms with Crippen molar-refractivity contribution in [2.24, 2.45) is 5.16 Å². The zero-order valence-electron chi connectivity index (χ0n) is 12.5. The summed E-state index contributed by atoms with van der Waals surface area (Å²) in [6.45, 7) is 0. The Balaban J connectivity index is 1.84. The molecule has 1 unspecified atom stereocenters. The highest BCUT2D eigenvalue weighted by atomic mass is 19.4. The number of halogens is 3. The van der Waals surface area contributed by atoms with Crippen molar-refractivity contribution >= 4 is 5.71 Å². The Labute approximate surface area is 135 Å². The van der Waals surface area contributed by atoms with Crippen LogP contribution in [0.2, 0.25) is 0 Å². The second-order valence-electron chi connectivity index (χ2n) is 5.22. The van der Waals surface area contributed by atoms with Crippen LogP contribution in [0.4, 0.5) is 13.2 Å². The van der Waals surface area contributed by atoms with Crippen molar-refractivity contribution in [3.05, 3.63) is 48.2 Å². The molecule has 0 saturated heterocycles. The zero-order valence-corrected chi connectivity index (χ0v) is 12.5. The van der Waals surface area contributed by atoms with Crippen molar-refractivity contribution in [1.82, 2.24) is 4.98 Å². The van der Waals surface area contributed by atoms with Gasteiger partial charge in [-0.25, -0.2) is 0 Å². The first-order valence-electron chi connectivity index (χ1n) is 6.98. The fraction of sp³-hybridized carbons (Fsp3) is 0.250. The van der Waals surface area contributed by atoms with Crippen LogP contribution in [0.1, 0.15) is 12.0 Å². The van der Waals surface area contributed by atoms with Crippen molar-refractivity contribution in [3.8, 4) is 17.0 Å². The van der Waals surface area contributed by atoms with Crippen molar-refractivity contribution in [1.29, 1.82) is 0 Å². The van der Waals surface area contributed by atoms with Crippen LogP contribution in [0.25, 0.3) is 11.3 Å². The topological polar surface area (TPSA) is 63.9 Å². The van der Waals surface area contributed by atoms with Gasteiger partial charge in [-0.05, 0) is 17.7 Å². The summed E-state index contributed by atoms with van der Waals surface area (Å²) < 4.78 is 43.4. The molecule has 0 bridgehead atoms. The van der Waals surface area contributed by atoms with Gasteiger partial charge >= 0.3 is 12.0 Å². The Morgan fingerprint density at radius 3 is 2.42 bits per heavy atom. The second-order valence-corrected chi connectivity index (χ2v) is 5.22. The van der Waals surface area contributed by atoms with Gasteiger partial charge in [0.05, 0.1) is 19.2 Å². The average molecular weight is 338 g/mol. The van der Waals surface area contributed by atoms with Crippen LogP contribution in [-0.2, 0) is 4.84 Å². The molecule has 1 aromatic heterocycles. The van der Waals surface area contributed by atoms with Crippen molar-refractivity contribution < 1.29 is 27.9 Å². The molecule has 8 heteroatoms. The minimum absolute atomic E-state index is 0.0226. The third kappa shape index (κ3) is 2.80. The summed E-state index contributed by atoms with van der Waals surface area (Å²) in [5.74, 6) is -2.69. The van der Waals surface area contributed by atoms with Crippen molar-refractivity contribution in [3.63, 3.8) is 0 Å². The molecule has 0 saturated carbocycles. The summed E-state index contributed by atoms with van der Waals surface area (Å²) in [6.07, 6.45) is -4.06. The summed E-state index contributed by atoms with van der Waals surface area (Å²) in [5.41, 5.74) is 1.80. The summed E-state index contributed by atoms with van der Waals surface area (Å²) >= 11 is 0. The number of hydrogen-bond acceptors (Lipinski definition) is 5. The quantitative estimate of drug-likeness (QED) is 0.934. The first-order chi connectivity index (χ1) is 11.3. The highest BCUT2D eigenvalue weighted by molar-refractivity contribution is 6.01. The zero-order chi connectivity index (χ0) is 17.4. The minimum atomic E-state index is -4.92. The number of aliphatic hydroxyl groups is 1. The van der Waals surface area contributed by atoms with E-state index in [4.69, 9.17) is 4.74 Å². The number of rotatable bonds is 3. The van der Waals surface area contributed by atoms with Crippen LogP contribution < -0.4 is 4.74 Å². The molecule has 5 nitrogen and oxygen atoms in total. The van der Waals surface area contributed by atoms with E-state index >= 15 is 0 Å². The van der Waals surface area contributed by atoms with Crippen molar-refractivity contribution in [2.75, 3.05) is 7.11 Å². The second kappa shape index (κ2) is 5.79. The summed E-state index contributed by atoms with van der Waals surface area (Å²) in [4.78, 5) is 8.44. The normalized spacial score (nSPS) is 20.5. The fourth-order valence-corrected chi connectivity index (χ4v) is 2.32. The summed E-state index contributed by atoms with van der Waals surface area (Å²) in [5, 5.41) is 12.8. The van der Waals surface area contributed by atoms with Gasteiger partial charge in [0.15, 0.2) is 0 Å². The van der Waals surface area contributed by atoms with E-state index in [9.17, 15) is 18.3 Å². The van der Waals surface area contributed by atoms with Crippen LogP contribution in [0, 0.1) is 0 Å². The molecule has 0 spiro atoms. The lowest BCUT2D eigenvalue weighted by Gasteiger charge is -2.22. The van der Waals surface area contributed by atoms with Crippen LogP contribution in [0.5, 0.6) is 5.75 Å². The number of alkyl halides is 3. The van der Waals surface area contributed by atoms with Gasteiger partial charge in [-0.2, -0.15) is 13.2 Å². The van der Waals surface area contributed by atoms with Crippen LogP contribution in [-0.4, -0.2) is 34.9 Å². The Hall–Kier alpha value is -2.61. The number of ether oxygens (including phenoxy) is 1. The lowest BCUT2D eigenvalue weighted by atomic mass is 10.0. The van der Waals surface area contributed by atoms with E-state index in [0.717, 1.165) is 5.56 Å². The molecule has 24 heavy (non-hydrogen) atoms. The highest BCUT2D eigenvalue weighted by Crippen LogP contribution is 2.39. The number of aromatic nitrogens is 1. The maximum absolute atomic E-state index is 12.7. The van der Waals surface area contributed by atoms with E-state index in [0.29, 0.717) is 17.0 Å². The van der Waals surface area contributed by atoms with Gasteiger partial charge in [0.25, 0.3) is 0 Å². The molecule has 1 aliphatic heterocycles. The fourth-order valence-electron chi connectivity index (χ4n) is 2.32. The molecule has 3 rings (SSSR count). The monoisotopic (exact) mass is 338 g/mol. The van der Waals surface area contributed by atoms with Gasteiger partial charge in [0.2, 0.25) is 0 Å². The smallest absolute Gasteiger partial charge is 0.458 e. The Morgan fingerprint density at radius 1 is 1.17 bits per heavy atom. The third-order valence-corrected chi connectivity index (χ3v) is 3.64. The molecule has 0 amide bonds. The highest BCUT2D eigenvalue weighted by Gasteiger charge is 2.60. The Morgan fingerprint density at radius 2 is 1.83 bits per heavy atom. The molecule has 2 heterocycles. The molecule has 1 atom stereocenters. The number of methoxy groups -OCH3 is 1. The minimum Gasteiger partial charge on any atom is -0.494 e. The number of nitrogens with zero attached hydrogens (tertiary/aromatic N) is 2. The first kappa shape index (κ1) is 16.3. The maximum atomic E-state index is 12.7. The standard InChI is InChI=1S/C16H13F3N2O3/c1-23-13-3-2-8-20-14(13)11-6-4-10(5-7-11)12-9-15(22,24-21-12)16(17,18)19/h2-8,22H,9H2,1H3. The molecule has 0 aliphatic carbocycles. The number of oxime groups is 1. The number of pyridine rings is 1. The number of hydrogen-bond donors (Lipinski definition) is 1. The van der Waals surface area contributed by atoms with Crippen LogP contribution in [0.3, 0.4) is 0 Å². The largest absolute Gasteiger partial charge is 0.494 e. The lowest BCUT2D eigenvalue weighted by molar-refractivity contribution is -0.355. The maximum Gasteiger partial charge on any atom is 0.458 e. The van der Waals surface area contributed by atoms with Crippen LogP contribution >= 0.6 is 0 Å². The molecule has 2 aromatic rings. The molecular formula is C16H13F3N2O3. The third-order valence-electron chi connectivity index (χ3n) is 3.64. The molecule has 1 aromatic carbocycles. The van der Waals surface area contributed by atoms with Gasteiger partial charge < -0.3 is 14.7 Å². The predicted octanol–water partition coefficient (Wildman–Crippen LogP) is 3.13. The summed E-state index contributed by atoms with van der Waals surface area (Å²) in [7, 11) is 1.53. The van der Waals surface area contributed by atoms with Gasteiger partial charge in [-0.3, -0.25) is 4.98 Å². The predicted molar refractivity (Wildman–Crippen MR) is 79.5 cm³/mol. The molecule has 1 N–H and O–H groups in total. The van der Waals surface area contributed by atoms with E-state index in [1.807, 2.05) is 0 Å². The van der Waals surface area contributed by atoms with E-state index in [-0.39, 0.29) is 5.71 Å². The van der Waals surface area contributed by atoms with Crippen LogP contribution in [0.15, 0.2) is 47.8 Å². The van der Waals surface area contributed by atoms with E-state index < -0.39 is 18.4 Å². The first-order valence-corrected chi connectivity index (χ1v) is 6.98. The molecule has 1 aliphatic rings. The molecular weight excluding hydrogens is 325 g/mol. The average Bonchev–Trinajstić information content (AvgIpc) is 2.98. The van der Waals surface area contributed by atoms with E-state index in [1.54, 1.807) is 42.6 Å². The molecule has 126 valence electrons.